The summed E-state index contributed by atoms with van der Waals surface area (Å²) >= 11 is 0. The Bertz CT molecular complexity index is 513. The smallest absolute Gasteiger partial charge is 0.410 e. The van der Waals surface area contributed by atoms with E-state index in [2.05, 4.69) is 17.2 Å². The molecule has 0 radical (unpaired) electrons. The van der Waals surface area contributed by atoms with Gasteiger partial charge in [0.25, 0.3) is 0 Å². The first-order valence-corrected chi connectivity index (χ1v) is 8.38. The third-order valence-electron chi connectivity index (χ3n) is 3.99. The highest BCUT2D eigenvalue weighted by Gasteiger charge is 2.27. The van der Waals surface area contributed by atoms with Gasteiger partial charge >= 0.3 is 6.09 Å². The fourth-order valence-electron chi connectivity index (χ4n) is 2.65. The van der Waals surface area contributed by atoms with E-state index in [0.29, 0.717) is 5.92 Å². The van der Waals surface area contributed by atoms with E-state index in [4.69, 9.17) is 9.15 Å². The van der Waals surface area contributed by atoms with Crippen LogP contribution in [0.1, 0.15) is 58.2 Å². The van der Waals surface area contributed by atoms with Gasteiger partial charge in [0.05, 0.1) is 12.2 Å². The van der Waals surface area contributed by atoms with Crippen molar-refractivity contribution < 1.29 is 13.9 Å². The summed E-state index contributed by atoms with van der Waals surface area (Å²) in [6.07, 6.45) is 3.52. The van der Waals surface area contributed by atoms with Crippen LogP contribution in [-0.4, -0.2) is 41.2 Å². The Kier molecular flexibility index (Phi) is 5.68. The van der Waals surface area contributed by atoms with Gasteiger partial charge in [0.1, 0.15) is 11.4 Å². The van der Waals surface area contributed by atoms with Gasteiger partial charge in [-0.05, 0) is 59.9 Å². The van der Waals surface area contributed by atoms with Gasteiger partial charge in [-0.2, -0.15) is 0 Å². The molecule has 6 nitrogen and oxygen atoms in total. The van der Waals surface area contributed by atoms with Crippen LogP contribution in [0.4, 0.5) is 4.79 Å². The van der Waals surface area contributed by atoms with Crippen LogP contribution in [0.2, 0.25) is 0 Å². The Morgan fingerprint density at radius 2 is 2.13 bits per heavy atom. The fourth-order valence-corrected chi connectivity index (χ4v) is 2.65. The van der Waals surface area contributed by atoms with Crippen LogP contribution in [-0.2, 0) is 4.74 Å². The van der Waals surface area contributed by atoms with Crippen LogP contribution in [0.5, 0.6) is 0 Å². The van der Waals surface area contributed by atoms with E-state index in [-0.39, 0.29) is 12.1 Å². The van der Waals surface area contributed by atoms with Gasteiger partial charge in [-0.15, -0.1) is 0 Å². The highest BCUT2D eigenvalue weighted by molar-refractivity contribution is 5.68. The Labute approximate surface area is 138 Å². The number of rotatable bonds is 4. The molecule has 0 saturated carbocycles. The molecule has 1 aromatic heterocycles. The van der Waals surface area contributed by atoms with Gasteiger partial charge < -0.3 is 19.4 Å². The summed E-state index contributed by atoms with van der Waals surface area (Å²) in [5.74, 6) is 2.13. The van der Waals surface area contributed by atoms with E-state index in [1.165, 1.54) is 0 Å². The van der Waals surface area contributed by atoms with Crippen molar-refractivity contribution in [1.29, 1.82) is 0 Å². The summed E-state index contributed by atoms with van der Waals surface area (Å²) < 4.78 is 11.0. The average molecular weight is 323 g/mol. The fraction of sp³-hybridized carbons (Fsp3) is 0.765. The number of nitrogens with one attached hydrogen (secondary N) is 1. The lowest BCUT2D eigenvalue weighted by atomic mass is 9.97. The summed E-state index contributed by atoms with van der Waals surface area (Å²) in [7, 11) is 0. The molecule has 2 heterocycles. The lowest BCUT2D eigenvalue weighted by Crippen LogP contribution is -2.43. The summed E-state index contributed by atoms with van der Waals surface area (Å²) in [5.41, 5.74) is -0.431. The third-order valence-corrected chi connectivity index (χ3v) is 3.99. The van der Waals surface area contributed by atoms with Crippen molar-refractivity contribution >= 4 is 6.09 Å². The Morgan fingerprint density at radius 3 is 2.65 bits per heavy atom. The lowest BCUT2D eigenvalue weighted by Gasteiger charge is -2.33. The number of oxazole rings is 1. The minimum atomic E-state index is -0.431. The topological polar surface area (TPSA) is 67.6 Å². The van der Waals surface area contributed by atoms with E-state index < -0.39 is 5.60 Å². The number of hydrogen-bond acceptors (Lipinski definition) is 5. The second-order valence-corrected chi connectivity index (χ2v) is 7.35. The largest absolute Gasteiger partial charge is 0.444 e. The van der Waals surface area contributed by atoms with Crippen LogP contribution >= 0.6 is 0 Å². The van der Waals surface area contributed by atoms with Gasteiger partial charge in [0.2, 0.25) is 5.89 Å². The quantitative estimate of drug-likeness (QED) is 0.921. The average Bonchev–Trinajstić information content (AvgIpc) is 2.90. The van der Waals surface area contributed by atoms with Crippen LogP contribution in [0.3, 0.4) is 0 Å². The zero-order valence-electron chi connectivity index (χ0n) is 14.9. The van der Waals surface area contributed by atoms with E-state index >= 15 is 0 Å². The molecular weight excluding hydrogens is 294 g/mol. The predicted octanol–water partition coefficient (Wildman–Crippen LogP) is 3.28. The standard InChI is InChI=1S/C17H29N3O3/c1-12-10-19-15(22-12)13(2)18-11-14-6-8-20(9-7-14)16(21)23-17(3,4)5/h10,13-14,18H,6-9,11H2,1-5H3. The van der Waals surface area contributed by atoms with Crippen molar-refractivity contribution in [3.8, 4) is 0 Å². The minimum absolute atomic E-state index is 0.104. The summed E-state index contributed by atoms with van der Waals surface area (Å²) in [4.78, 5) is 18.1. The van der Waals surface area contributed by atoms with Crippen LogP contribution in [0, 0.1) is 12.8 Å². The number of amides is 1. The number of carbonyl (C=O) groups is 1. The Hall–Kier alpha value is -1.56. The predicted molar refractivity (Wildman–Crippen MR) is 88.2 cm³/mol. The van der Waals surface area contributed by atoms with Gasteiger partial charge in [-0.3, -0.25) is 0 Å². The normalized spacial score (nSPS) is 18.0. The molecule has 23 heavy (non-hydrogen) atoms. The lowest BCUT2D eigenvalue weighted by molar-refractivity contribution is 0.0183. The number of piperidine rings is 1. The maximum atomic E-state index is 12.0. The molecule has 0 spiro atoms. The number of ether oxygens (including phenoxy) is 1. The SMILES string of the molecule is Cc1cnc(C(C)NCC2CCN(C(=O)OC(C)(C)C)CC2)o1. The van der Waals surface area contributed by atoms with E-state index in [1.807, 2.05) is 32.6 Å². The van der Waals surface area contributed by atoms with Crippen molar-refractivity contribution in [3.63, 3.8) is 0 Å². The van der Waals surface area contributed by atoms with Gasteiger partial charge in [-0.1, -0.05) is 0 Å². The van der Waals surface area contributed by atoms with Crippen LogP contribution < -0.4 is 5.32 Å². The zero-order chi connectivity index (χ0) is 17.0. The number of hydrogen-bond donors (Lipinski definition) is 1. The molecule has 1 unspecified atom stereocenters. The molecule has 1 fully saturated rings. The maximum absolute atomic E-state index is 12.0. The van der Waals surface area contributed by atoms with Crippen molar-refractivity contribution in [3.05, 3.63) is 17.8 Å². The summed E-state index contributed by atoms with van der Waals surface area (Å²) in [6.45, 7) is 12.1. The maximum Gasteiger partial charge on any atom is 0.410 e. The molecule has 6 heteroatoms. The van der Waals surface area contributed by atoms with E-state index in [1.54, 1.807) is 6.20 Å². The Balaban J connectivity index is 1.71. The molecule has 0 bridgehead atoms. The molecule has 130 valence electrons. The Morgan fingerprint density at radius 1 is 1.48 bits per heavy atom. The third kappa shape index (κ3) is 5.53. The van der Waals surface area contributed by atoms with Crippen molar-refractivity contribution in [1.82, 2.24) is 15.2 Å². The molecule has 1 amide bonds. The zero-order valence-corrected chi connectivity index (χ0v) is 14.9. The van der Waals surface area contributed by atoms with Crippen molar-refractivity contribution in [2.75, 3.05) is 19.6 Å². The second-order valence-electron chi connectivity index (χ2n) is 7.35. The molecule has 1 aliphatic rings. The van der Waals surface area contributed by atoms with Crippen LogP contribution in [0.15, 0.2) is 10.6 Å². The molecule has 1 aliphatic heterocycles. The monoisotopic (exact) mass is 323 g/mol. The highest BCUT2D eigenvalue weighted by atomic mass is 16.6. The molecule has 0 aliphatic carbocycles. The molecule has 1 aromatic rings. The minimum Gasteiger partial charge on any atom is -0.444 e. The first-order chi connectivity index (χ1) is 10.7. The molecule has 1 atom stereocenters. The number of likely N-dealkylation sites (tertiary alicyclic amines) is 1. The first-order valence-electron chi connectivity index (χ1n) is 8.38. The second kappa shape index (κ2) is 7.34. The molecule has 0 aromatic carbocycles. The van der Waals surface area contributed by atoms with Gasteiger partial charge in [0, 0.05) is 13.1 Å². The molecule has 1 N–H and O–H groups in total. The number of nitrogens with zero attached hydrogens (tertiary/aromatic N) is 2. The molecule has 2 rings (SSSR count). The molecular formula is C17H29N3O3. The number of aromatic nitrogens is 1. The number of aryl methyl sites for hydroxylation is 1. The van der Waals surface area contributed by atoms with E-state index in [9.17, 15) is 4.79 Å². The highest BCUT2D eigenvalue weighted by Crippen LogP contribution is 2.20. The molecule has 1 saturated heterocycles. The van der Waals surface area contributed by atoms with Gasteiger partial charge in [0.15, 0.2) is 0 Å². The first kappa shape index (κ1) is 17.8. The van der Waals surface area contributed by atoms with Gasteiger partial charge in [-0.25, -0.2) is 9.78 Å². The van der Waals surface area contributed by atoms with E-state index in [0.717, 1.165) is 44.1 Å². The van der Waals surface area contributed by atoms with Crippen LogP contribution in [0.25, 0.3) is 0 Å². The van der Waals surface area contributed by atoms with Crippen molar-refractivity contribution in [2.24, 2.45) is 5.92 Å². The summed E-state index contributed by atoms with van der Waals surface area (Å²) in [6, 6.07) is 0.104. The summed E-state index contributed by atoms with van der Waals surface area (Å²) in [5, 5.41) is 3.47. The number of carbonyl (C=O) groups excluding carboxylic acids is 1. The van der Waals surface area contributed by atoms with Crippen molar-refractivity contribution in [2.45, 2.75) is 59.1 Å².